The lowest BCUT2D eigenvalue weighted by Gasteiger charge is -2.29. The number of aliphatic hydroxyl groups is 1. The minimum Gasteiger partial charge on any atom is -0.503 e. The van der Waals surface area contributed by atoms with Crippen LogP contribution >= 0.6 is 23.2 Å². The van der Waals surface area contributed by atoms with Crippen molar-refractivity contribution in [1.82, 2.24) is 0 Å². The van der Waals surface area contributed by atoms with Crippen LogP contribution in [0, 0.1) is 11.2 Å². The molecule has 1 N–H and O–H groups in total. The zero-order valence-electron chi connectivity index (χ0n) is 15.5. The van der Waals surface area contributed by atoms with Crippen LogP contribution in [0.25, 0.3) is 0 Å². The van der Waals surface area contributed by atoms with E-state index in [1.54, 1.807) is 45.0 Å². The molecule has 1 aliphatic rings. The van der Waals surface area contributed by atoms with E-state index in [9.17, 15) is 19.1 Å². The lowest BCUT2D eigenvalue weighted by Crippen LogP contribution is -2.33. The SMILES string of the molecule is CC(C)(C)C(=O)C1=C(O)C(=O)N(c2cccc(Cl)c2F)[C@H]1c1ccc(Cl)cc1. The molecule has 0 radical (unpaired) electrons. The molecule has 1 aliphatic heterocycles. The molecule has 4 nitrogen and oxygen atoms in total. The summed E-state index contributed by atoms with van der Waals surface area (Å²) in [5.74, 6) is -2.79. The van der Waals surface area contributed by atoms with E-state index in [2.05, 4.69) is 0 Å². The fourth-order valence-electron chi connectivity index (χ4n) is 3.13. The Bertz CT molecular complexity index is 994. The number of rotatable bonds is 3. The minimum atomic E-state index is -1.01. The normalized spacial score (nSPS) is 17.4. The standard InChI is InChI=1S/C21H18Cl2FNO3/c1-21(2,3)19(27)15-17(11-7-9-12(22)10-8-11)25(20(28)18(15)26)14-6-4-5-13(23)16(14)24/h4-10,17,26H,1-3H3/t17-/m0/s1. The monoisotopic (exact) mass is 421 g/mol. The van der Waals surface area contributed by atoms with E-state index in [4.69, 9.17) is 23.2 Å². The zero-order valence-corrected chi connectivity index (χ0v) is 17.0. The molecule has 1 amide bonds. The summed E-state index contributed by atoms with van der Waals surface area (Å²) in [6, 6.07) is 9.67. The first-order valence-corrected chi connectivity index (χ1v) is 9.30. The van der Waals surface area contributed by atoms with Crippen LogP contribution in [-0.4, -0.2) is 16.8 Å². The van der Waals surface area contributed by atoms with Crippen LogP contribution in [0.5, 0.6) is 0 Å². The number of carbonyl (C=O) groups excluding carboxylic acids is 2. The van der Waals surface area contributed by atoms with Gasteiger partial charge >= 0.3 is 0 Å². The maximum absolute atomic E-state index is 14.7. The summed E-state index contributed by atoms with van der Waals surface area (Å²) in [4.78, 5) is 27.0. The molecule has 0 fully saturated rings. The number of benzene rings is 2. The third kappa shape index (κ3) is 3.40. The summed E-state index contributed by atoms with van der Waals surface area (Å²) in [5, 5.41) is 10.8. The zero-order chi connectivity index (χ0) is 20.8. The maximum Gasteiger partial charge on any atom is 0.294 e. The third-order valence-corrected chi connectivity index (χ3v) is 5.05. The fraction of sp³-hybridized carbons (Fsp3) is 0.238. The number of nitrogens with zero attached hydrogens (tertiary/aromatic N) is 1. The van der Waals surface area contributed by atoms with Crippen LogP contribution in [0.15, 0.2) is 53.8 Å². The van der Waals surface area contributed by atoms with Gasteiger partial charge in [0, 0.05) is 10.4 Å². The molecule has 7 heteroatoms. The van der Waals surface area contributed by atoms with Crippen molar-refractivity contribution in [3.05, 3.63) is 75.2 Å². The molecule has 1 heterocycles. The molecule has 3 rings (SSSR count). The second-order valence-electron chi connectivity index (χ2n) is 7.54. The van der Waals surface area contributed by atoms with Crippen molar-refractivity contribution in [1.29, 1.82) is 0 Å². The Balaban J connectivity index is 2.25. The predicted octanol–water partition coefficient (Wildman–Crippen LogP) is 5.65. The van der Waals surface area contributed by atoms with Gasteiger partial charge in [-0.25, -0.2) is 4.39 Å². The van der Waals surface area contributed by atoms with Crippen molar-refractivity contribution in [3.8, 4) is 0 Å². The number of ketones is 1. The first-order valence-electron chi connectivity index (χ1n) is 8.55. The lowest BCUT2D eigenvalue weighted by atomic mass is 9.82. The van der Waals surface area contributed by atoms with E-state index in [1.807, 2.05) is 0 Å². The van der Waals surface area contributed by atoms with Crippen molar-refractivity contribution >= 4 is 40.6 Å². The summed E-state index contributed by atoms with van der Waals surface area (Å²) in [7, 11) is 0. The number of anilines is 1. The van der Waals surface area contributed by atoms with E-state index in [1.165, 1.54) is 18.2 Å². The number of Topliss-reactive ketones (excluding diaryl/α,β-unsaturated/α-hetero) is 1. The summed E-state index contributed by atoms with van der Waals surface area (Å²) in [6.45, 7) is 5.05. The molecule has 146 valence electrons. The van der Waals surface area contributed by atoms with E-state index in [-0.39, 0.29) is 16.3 Å². The van der Waals surface area contributed by atoms with Crippen molar-refractivity contribution in [3.63, 3.8) is 0 Å². The van der Waals surface area contributed by atoms with Crippen LogP contribution < -0.4 is 4.90 Å². The highest BCUT2D eigenvalue weighted by atomic mass is 35.5. The highest BCUT2D eigenvalue weighted by molar-refractivity contribution is 6.31. The van der Waals surface area contributed by atoms with Crippen LogP contribution in [0.4, 0.5) is 10.1 Å². The van der Waals surface area contributed by atoms with E-state index < -0.39 is 34.7 Å². The summed E-state index contributed by atoms with van der Waals surface area (Å²) in [5.41, 5.74) is -0.564. The van der Waals surface area contributed by atoms with Crippen molar-refractivity contribution < 1.29 is 19.1 Å². The summed E-state index contributed by atoms with van der Waals surface area (Å²) >= 11 is 11.8. The molecule has 0 bridgehead atoms. The molecule has 2 aromatic carbocycles. The Kier molecular flexibility index (Phi) is 5.26. The van der Waals surface area contributed by atoms with Gasteiger partial charge in [-0.15, -0.1) is 0 Å². The number of carbonyl (C=O) groups is 2. The highest BCUT2D eigenvalue weighted by Gasteiger charge is 2.47. The number of hydrogen-bond acceptors (Lipinski definition) is 3. The Morgan fingerprint density at radius 1 is 1.11 bits per heavy atom. The minimum absolute atomic E-state index is 0.0841. The molecule has 0 saturated heterocycles. The fourth-order valence-corrected chi connectivity index (χ4v) is 3.42. The number of aliphatic hydroxyl groups excluding tert-OH is 1. The highest BCUT2D eigenvalue weighted by Crippen LogP contribution is 2.44. The number of halogens is 3. The van der Waals surface area contributed by atoms with E-state index in [0.29, 0.717) is 10.6 Å². The van der Waals surface area contributed by atoms with Gasteiger partial charge in [-0.1, -0.05) is 62.2 Å². The van der Waals surface area contributed by atoms with E-state index >= 15 is 0 Å². The Hall–Kier alpha value is -2.37. The van der Waals surface area contributed by atoms with Gasteiger partial charge < -0.3 is 5.11 Å². The third-order valence-electron chi connectivity index (χ3n) is 4.51. The van der Waals surface area contributed by atoms with Gasteiger partial charge in [0.15, 0.2) is 17.4 Å². The van der Waals surface area contributed by atoms with Gasteiger partial charge in [-0.2, -0.15) is 0 Å². The Morgan fingerprint density at radius 3 is 2.29 bits per heavy atom. The lowest BCUT2D eigenvalue weighted by molar-refractivity contribution is -0.123. The van der Waals surface area contributed by atoms with Crippen LogP contribution in [0.3, 0.4) is 0 Å². The second kappa shape index (κ2) is 7.22. The molecule has 0 saturated carbocycles. The van der Waals surface area contributed by atoms with Gasteiger partial charge in [0.05, 0.1) is 22.3 Å². The molecule has 2 aromatic rings. The maximum atomic E-state index is 14.7. The number of amides is 1. The Labute approximate surface area is 172 Å². The quantitative estimate of drug-likeness (QED) is 0.696. The summed E-state index contributed by atoms with van der Waals surface area (Å²) < 4.78 is 14.7. The largest absolute Gasteiger partial charge is 0.503 e. The number of hydrogen-bond donors (Lipinski definition) is 1. The molecular formula is C21H18Cl2FNO3. The topological polar surface area (TPSA) is 57.6 Å². The van der Waals surface area contributed by atoms with Gasteiger partial charge in [0.1, 0.15) is 0 Å². The van der Waals surface area contributed by atoms with E-state index in [0.717, 1.165) is 4.90 Å². The molecule has 1 atom stereocenters. The first-order chi connectivity index (χ1) is 13.0. The predicted molar refractivity (Wildman–Crippen MR) is 107 cm³/mol. The molecule has 28 heavy (non-hydrogen) atoms. The molecule has 0 aliphatic carbocycles. The molecular weight excluding hydrogens is 404 g/mol. The van der Waals surface area contributed by atoms with Crippen LogP contribution in [0.1, 0.15) is 32.4 Å². The molecule has 0 aromatic heterocycles. The molecule has 0 spiro atoms. The Morgan fingerprint density at radius 2 is 1.71 bits per heavy atom. The van der Waals surface area contributed by atoms with Crippen LogP contribution in [0.2, 0.25) is 10.0 Å². The van der Waals surface area contributed by atoms with Crippen molar-refractivity contribution in [2.75, 3.05) is 4.90 Å². The van der Waals surface area contributed by atoms with Gasteiger partial charge in [0.2, 0.25) is 0 Å². The van der Waals surface area contributed by atoms with Gasteiger partial charge in [0.25, 0.3) is 5.91 Å². The van der Waals surface area contributed by atoms with Crippen molar-refractivity contribution in [2.24, 2.45) is 5.41 Å². The summed E-state index contributed by atoms with van der Waals surface area (Å²) in [6.07, 6.45) is 0. The second-order valence-corrected chi connectivity index (χ2v) is 8.39. The van der Waals surface area contributed by atoms with Crippen molar-refractivity contribution in [2.45, 2.75) is 26.8 Å². The average molecular weight is 422 g/mol. The van der Waals surface area contributed by atoms with Gasteiger partial charge in [-0.3, -0.25) is 14.5 Å². The average Bonchev–Trinajstić information content (AvgIpc) is 2.88. The molecule has 0 unspecified atom stereocenters. The smallest absolute Gasteiger partial charge is 0.294 e. The van der Waals surface area contributed by atoms with Gasteiger partial charge in [-0.05, 0) is 29.8 Å². The first kappa shape index (κ1) is 20.4. The van der Waals surface area contributed by atoms with Crippen LogP contribution in [-0.2, 0) is 9.59 Å².